The second-order valence-corrected chi connectivity index (χ2v) is 2.80. The first-order chi connectivity index (χ1) is 6.13. The Balaban J connectivity index is 2.63. The predicted octanol–water partition coefficient (Wildman–Crippen LogP) is 0.802. The van der Waals surface area contributed by atoms with Gasteiger partial charge in [-0.3, -0.25) is 4.79 Å². The summed E-state index contributed by atoms with van der Waals surface area (Å²) < 4.78 is 0. The Hall–Kier alpha value is -1.49. The van der Waals surface area contributed by atoms with E-state index in [0.717, 1.165) is 0 Å². The Morgan fingerprint density at radius 2 is 2.31 bits per heavy atom. The van der Waals surface area contributed by atoms with E-state index in [2.05, 4.69) is 5.18 Å². The molecule has 70 valence electrons. The molecule has 2 N–H and O–H groups in total. The lowest BCUT2D eigenvalue weighted by atomic mass is 9.98. The van der Waals surface area contributed by atoms with E-state index < -0.39 is 12.0 Å². The lowest BCUT2D eigenvalue weighted by molar-refractivity contribution is -0.117. The first-order valence-corrected chi connectivity index (χ1v) is 3.76. The van der Waals surface area contributed by atoms with Gasteiger partial charge in [0.15, 0.2) is 0 Å². The first kappa shape index (κ1) is 9.60. The molecule has 13 heavy (non-hydrogen) atoms. The maximum absolute atomic E-state index is 10.6. The van der Waals surface area contributed by atoms with Crippen LogP contribution in [-0.4, -0.2) is 22.2 Å². The monoisotopic (exact) mass is 183 g/mol. The molecular formula is C8H9NO4. The topological polar surface area (TPSA) is 87.0 Å². The summed E-state index contributed by atoms with van der Waals surface area (Å²) in [7, 11) is 0. The van der Waals surface area contributed by atoms with Crippen molar-refractivity contribution >= 4 is 5.91 Å². The van der Waals surface area contributed by atoms with Crippen molar-refractivity contribution < 1.29 is 15.0 Å². The van der Waals surface area contributed by atoms with Crippen LogP contribution in [0.2, 0.25) is 0 Å². The molecule has 0 aromatic heterocycles. The highest BCUT2D eigenvalue weighted by atomic mass is 16.3. The molecule has 1 rings (SSSR count). The minimum absolute atomic E-state index is 0.0929. The average molecular weight is 183 g/mol. The number of hydrogen-bond acceptors (Lipinski definition) is 4. The second-order valence-electron chi connectivity index (χ2n) is 2.80. The lowest BCUT2D eigenvalue weighted by Gasteiger charge is -2.15. The molecule has 1 atom stereocenters. The van der Waals surface area contributed by atoms with Crippen molar-refractivity contribution in [3.05, 3.63) is 28.4 Å². The maximum atomic E-state index is 10.6. The van der Waals surface area contributed by atoms with Crippen molar-refractivity contribution in [2.75, 3.05) is 0 Å². The Bertz CT molecular complexity index is 293. The number of carbonyl (C=O) groups is 1. The second kappa shape index (κ2) is 3.95. The van der Waals surface area contributed by atoms with E-state index in [-0.39, 0.29) is 18.6 Å². The van der Waals surface area contributed by atoms with E-state index in [0.29, 0.717) is 5.57 Å². The van der Waals surface area contributed by atoms with Crippen molar-refractivity contribution in [3.8, 4) is 0 Å². The first-order valence-electron chi connectivity index (χ1n) is 3.76. The van der Waals surface area contributed by atoms with Gasteiger partial charge in [-0.05, 0) is 6.08 Å². The van der Waals surface area contributed by atoms with Crippen LogP contribution in [0, 0.1) is 4.91 Å². The van der Waals surface area contributed by atoms with Crippen LogP contribution in [0.15, 0.2) is 28.7 Å². The van der Waals surface area contributed by atoms with Crippen LogP contribution in [0.4, 0.5) is 0 Å². The number of aliphatic hydroxyl groups is 2. The number of rotatable bonds is 2. The number of nitrogens with zero attached hydrogens (tertiary/aromatic N) is 1. The molecule has 5 heteroatoms. The van der Waals surface area contributed by atoms with Gasteiger partial charge in [-0.25, -0.2) is 0 Å². The van der Waals surface area contributed by atoms with Gasteiger partial charge in [0.2, 0.25) is 0 Å². The summed E-state index contributed by atoms with van der Waals surface area (Å²) in [5.41, 5.74) is 0.593. The third-order valence-corrected chi connectivity index (χ3v) is 1.77. The summed E-state index contributed by atoms with van der Waals surface area (Å²) in [5.74, 6) is -0.900. The van der Waals surface area contributed by atoms with Gasteiger partial charge >= 0.3 is 0 Å². The Labute approximate surface area is 74.4 Å². The summed E-state index contributed by atoms with van der Waals surface area (Å²) in [4.78, 5) is 20.4. The highest BCUT2D eigenvalue weighted by Crippen LogP contribution is 2.19. The molecule has 1 aliphatic rings. The van der Waals surface area contributed by atoms with Crippen LogP contribution in [0.3, 0.4) is 0 Å². The number of amides is 1. The summed E-state index contributed by atoms with van der Waals surface area (Å²) in [6, 6.07) is 0. The number of hydrogen-bond donors (Lipinski definition) is 2. The Morgan fingerprint density at radius 1 is 1.62 bits per heavy atom. The van der Waals surface area contributed by atoms with Crippen molar-refractivity contribution in [2.24, 2.45) is 5.18 Å². The zero-order valence-corrected chi connectivity index (χ0v) is 6.80. The fourth-order valence-electron chi connectivity index (χ4n) is 1.09. The largest absolute Gasteiger partial charge is 0.510 e. The smallest absolute Gasteiger partial charge is 0.290 e. The van der Waals surface area contributed by atoms with Gasteiger partial charge in [-0.1, -0.05) is 11.6 Å². The average Bonchev–Trinajstić information content (AvgIpc) is 2.11. The van der Waals surface area contributed by atoms with Crippen LogP contribution in [0.1, 0.15) is 12.8 Å². The Kier molecular flexibility index (Phi) is 2.92. The molecule has 0 fully saturated rings. The third-order valence-electron chi connectivity index (χ3n) is 1.77. The van der Waals surface area contributed by atoms with Crippen LogP contribution in [-0.2, 0) is 4.79 Å². The molecule has 0 radical (unpaired) electrons. The van der Waals surface area contributed by atoms with Gasteiger partial charge in [0.1, 0.15) is 11.9 Å². The van der Waals surface area contributed by atoms with Crippen molar-refractivity contribution in [3.63, 3.8) is 0 Å². The summed E-state index contributed by atoms with van der Waals surface area (Å²) in [6.07, 6.45) is 1.92. The molecule has 0 spiro atoms. The molecule has 0 aliphatic heterocycles. The fraction of sp³-hybridized carbons (Fsp3) is 0.375. The minimum atomic E-state index is -0.973. The molecule has 0 bridgehead atoms. The molecule has 0 aromatic rings. The minimum Gasteiger partial charge on any atom is -0.510 e. The van der Waals surface area contributed by atoms with Gasteiger partial charge in [-0.2, -0.15) is 0 Å². The number of nitroso groups, excluding NO2 is 1. The van der Waals surface area contributed by atoms with Crippen molar-refractivity contribution in [2.45, 2.75) is 18.9 Å². The zero-order valence-electron chi connectivity index (χ0n) is 6.80. The van der Waals surface area contributed by atoms with Crippen LogP contribution < -0.4 is 0 Å². The van der Waals surface area contributed by atoms with Gasteiger partial charge < -0.3 is 10.2 Å². The summed E-state index contributed by atoms with van der Waals surface area (Å²) in [5, 5.41) is 20.4. The number of allylic oxidation sites excluding steroid dienone is 2. The van der Waals surface area contributed by atoms with E-state index in [1.807, 2.05) is 0 Å². The molecule has 1 aliphatic carbocycles. The number of aliphatic hydroxyl groups excluding tert-OH is 2. The van der Waals surface area contributed by atoms with Gasteiger partial charge in [0.25, 0.3) is 5.91 Å². The van der Waals surface area contributed by atoms with Gasteiger partial charge in [0, 0.05) is 11.6 Å². The molecule has 1 amide bonds. The fourth-order valence-corrected chi connectivity index (χ4v) is 1.09. The lowest BCUT2D eigenvalue weighted by Crippen LogP contribution is -2.15. The molecule has 0 heterocycles. The molecule has 0 aromatic carbocycles. The Morgan fingerprint density at radius 3 is 2.85 bits per heavy atom. The third kappa shape index (κ3) is 2.48. The highest BCUT2D eigenvalue weighted by Gasteiger charge is 2.17. The van der Waals surface area contributed by atoms with Crippen LogP contribution in [0.5, 0.6) is 0 Å². The molecule has 0 saturated heterocycles. The van der Waals surface area contributed by atoms with Gasteiger partial charge in [-0.15, -0.1) is 4.91 Å². The highest BCUT2D eigenvalue weighted by molar-refractivity contribution is 5.79. The van der Waals surface area contributed by atoms with Crippen molar-refractivity contribution in [1.29, 1.82) is 0 Å². The van der Waals surface area contributed by atoms with E-state index in [9.17, 15) is 9.70 Å². The maximum Gasteiger partial charge on any atom is 0.290 e. The van der Waals surface area contributed by atoms with E-state index in [1.54, 1.807) is 0 Å². The SMILES string of the molecule is O=NC(=O)CC1=CC=C(O)C(O)C1. The predicted molar refractivity (Wildman–Crippen MR) is 44.8 cm³/mol. The van der Waals surface area contributed by atoms with E-state index in [4.69, 9.17) is 10.2 Å². The standard InChI is InChI=1S/C8H9NO4/c10-6-2-1-5(3-7(6)11)4-8(12)9-13/h1-2,7,10-11H,3-4H2. The molecule has 5 nitrogen and oxygen atoms in total. The molecule has 0 saturated carbocycles. The van der Waals surface area contributed by atoms with Gasteiger partial charge in [0.05, 0.1) is 6.42 Å². The quantitative estimate of drug-likeness (QED) is 0.620. The zero-order chi connectivity index (χ0) is 9.84. The summed E-state index contributed by atoms with van der Waals surface area (Å²) in [6.45, 7) is 0. The molecule has 1 unspecified atom stereocenters. The van der Waals surface area contributed by atoms with Crippen LogP contribution >= 0.6 is 0 Å². The molecular weight excluding hydrogens is 174 g/mol. The summed E-state index contributed by atoms with van der Waals surface area (Å²) >= 11 is 0. The van der Waals surface area contributed by atoms with Crippen molar-refractivity contribution in [1.82, 2.24) is 0 Å². The number of carbonyl (C=O) groups excluding carboxylic acids is 1. The normalized spacial score (nSPS) is 21.8. The van der Waals surface area contributed by atoms with E-state index in [1.165, 1.54) is 12.2 Å². The van der Waals surface area contributed by atoms with Crippen LogP contribution in [0.25, 0.3) is 0 Å². The van der Waals surface area contributed by atoms with E-state index >= 15 is 0 Å².